The first-order chi connectivity index (χ1) is 6.43. The number of carbonyl (C=O) groups is 1. The predicted octanol–water partition coefficient (Wildman–Crippen LogP) is 4.49. The second-order valence-corrected chi connectivity index (χ2v) is 4.49. The molecule has 0 aliphatic rings. The van der Waals surface area contributed by atoms with Crippen molar-refractivity contribution in [3.8, 4) is 0 Å². The Bertz CT molecular complexity index is 372. The van der Waals surface area contributed by atoms with Crippen molar-refractivity contribution in [2.24, 2.45) is 5.92 Å². The number of Topliss-reactive ketones (excluding diaryl/α,β-unsaturated/α-hetero) is 1. The fourth-order valence-corrected chi connectivity index (χ4v) is 1.66. The van der Waals surface area contributed by atoms with E-state index in [0.29, 0.717) is 20.6 Å². The Morgan fingerprint density at radius 1 is 1.07 bits per heavy atom. The van der Waals surface area contributed by atoms with E-state index in [1.54, 1.807) is 13.8 Å². The number of carbonyl (C=O) groups excluding carboxylic acids is 1. The summed E-state index contributed by atoms with van der Waals surface area (Å²) in [6, 6.07) is 3.00. The second-order valence-electron chi connectivity index (χ2n) is 3.27. The van der Waals surface area contributed by atoms with Crippen LogP contribution in [0.15, 0.2) is 12.1 Å². The maximum Gasteiger partial charge on any atom is 0.166 e. The first-order valence-corrected chi connectivity index (χ1v) is 5.25. The van der Waals surface area contributed by atoms with Crippen LogP contribution in [0.3, 0.4) is 0 Å². The average Bonchev–Trinajstić information content (AvgIpc) is 2.10. The smallest absolute Gasteiger partial charge is 0.166 e. The molecule has 0 N–H and O–H groups in total. The molecule has 0 aliphatic heterocycles. The third kappa shape index (κ3) is 2.41. The van der Waals surface area contributed by atoms with Gasteiger partial charge < -0.3 is 0 Å². The van der Waals surface area contributed by atoms with Gasteiger partial charge in [-0.2, -0.15) is 0 Å². The molecule has 0 atom stereocenters. The summed E-state index contributed by atoms with van der Waals surface area (Å²) in [5, 5.41) is 1.05. The Hall–Kier alpha value is -0.240. The molecule has 0 heterocycles. The molecule has 0 aliphatic carbocycles. The van der Waals surface area contributed by atoms with Crippen molar-refractivity contribution >= 4 is 40.6 Å². The molecule has 14 heavy (non-hydrogen) atoms. The van der Waals surface area contributed by atoms with Crippen LogP contribution in [0.1, 0.15) is 24.2 Å². The van der Waals surface area contributed by atoms with Gasteiger partial charge in [0.25, 0.3) is 0 Å². The zero-order valence-electron chi connectivity index (χ0n) is 7.77. The number of hydrogen-bond donors (Lipinski definition) is 0. The van der Waals surface area contributed by atoms with Gasteiger partial charge in [0.15, 0.2) is 5.78 Å². The van der Waals surface area contributed by atoms with Gasteiger partial charge in [-0.1, -0.05) is 48.7 Å². The zero-order valence-corrected chi connectivity index (χ0v) is 10.0. The van der Waals surface area contributed by atoms with Crippen LogP contribution in [0, 0.1) is 5.92 Å². The van der Waals surface area contributed by atoms with Crippen molar-refractivity contribution in [2.75, 3.05) is 0 Å². The van der Waals surface area contributed by atoms with Crippen molar-refractivity contribution in [1.82, 2.24) is 0 Å². The lowest BCUT2D eigenvalue weighted by Crippen LogP contribution is -2.08. The minimum atomic E-state index is -0.107. The number of ketones is 1. The third-order valence-corrected chi connectivity index (χ3v) is 2.83. The summed E-state index contributed by atoms with van der Waals surface area (Å²) in [6.07, 6.45) is 0. The lowest BCUT2D eigenvalue weighted by molar-refractivity contribution is 0.0939. The molecule has 1 aromatic carbocycles. The van der Waals surface area contributed by atoms with Crippen molar-refractivity contribution in [3.05, 3.63) is 32.8 Å². The van der Waals surface area contributed by atoms with Crippen LogP contribution in [-0.4, -0.2) is 5.78 Å². The van der Waals surface area contributed by atoms with Gasteiger partial charge in [-0.15, -0.1) is 0 Å². The van der Waals surface area contributed by atoms with E-state index in [1.165, 1.54) is 12.1 Å². The van der Waals surface area contributed by atoms with Crippen molar-refractivity contribution < 1.29 is 4.79 Å². The molecule has 1 aromatic rings. The molecule has 0 saturated carbocycles. The van der Waals surface area contributed by atoms with E-state index < -0.39 is 0 Å². The molecule has 0 bridgehead atoms. The number of halogens is 3. The van der Waals surface area contributed by atoms with Gasteiger partial charge in [0.1, 0.15) is 0 Å². The van der Waals surface area contributed by atoms with Gasteiger partial charge in [-0.3, -0.25) is 4.79 Å². The van der Waals surface area contributed by atoms with Gasteiger partial charge in [0.05, 0.1) is 15.1 Å². The Labute approximate surface area is 98.0 Å². The van der Waals surface area contributed by atoms with E-state index in [9.17, 15) is 4.79 Å². The minimum Gasteiger partial charge on any atom is -0.294 e. The van der Waals surface area contributed by atoms with E-state index in [1.807, 2.05) is 0 Å². The highest BCUT2D eigenvalue weighted by molar-refractivity contribution is 6.44. The molecule has 0 saturated heterocycles. The van der Waals surface area contributed by atoms with Gasteiger partial charge in [-0.05, 0) is 12.1 Å². The highest BCUT2D eigenvalue weighted by Crippen LogP contribution is 2.30. The monoisotopic (exact) mass is 250 g/mol. The molecule has 0 fully saturated rings. The quantitative estimate of drug-likeness (QED) is 0.559. The lowest BCUT2D eigenvalue weighted by Gasteiger charge is -2.07. The molecule has 0 amide bonds. The summed E-state index contributed by atoms with van der Waals surface area (Å²) in [5.41, 5.74) is 0.427. The minimum absolute atomic E-state index is 0.0337. The van der Waals surface area contributed by atoms with E-state index in [0.717, 1.165) is 0 Å². The molecular formula is C10H9Cl3O. The summed E-state index contributed by atoms with van der Waals surface area (Å²) in [7, 11) is 0. The van der Waals surface area contributed by atoms with Crippen LogP contribution in [0.4, 0.5) is 0 Å². The van der Waals surface area contributed by atoms with E-state index in [4.69, 9.17) is 34.8 Å². The molecule has 76 valence electrons. The highest BCUT2D eigenvalue weighted by Gasteiger charge is 2.15. The van der Waals surface area contributed by atoms with Crippen LogP contribution in [0.2, 0.25) is 15.1 Å². The van der Waals surface area contributed by atoms with Crippen molar-refractivity contribution in [3.63, 3.8) is 0 Å². The predicted molar refractivity (Wildman–Crippen MR) is 60.6 cm³/mol. The van der Waals surface area contributed by atoms with Crippen LogP contribution in [0.5, 0.6) is 0 Å². The maximum absolute atomic E-state index is 11.6. The summed E-state index contributed by atoms with van der Waals surface area (Å²) in [4.78, 5) is 11.6. The molecule has 0 spiro atoms. The van der Waals surface area contributed by atoms with Crippen LogP contribution < -0.4 is 0 Å². The fraction of sp³-hybridized carbons (Fsp3) is 0.300. The Kier molecular flexibility index (Phi) is 3.82. The summed E-state index contributed by atoms with van der Waals surface area (Å²) < 4.78 is 0. The maximum atomic E-state index is 11.6. The average molecular weight is 252 g/mol. The van der Waals surface area contributed by atoms with Gasteiger partial charge >= 0.3 is 0 Å². The van der Waals surface area contributed by atoms with Gasteiger partial charge in [0, 0.05) is 11.5 Å². The van der Waals surface area contributed by atoms with Crippen LogP contribution >= 0.6 is 34.8 Å². The summed E-state index contributed by atoms with van der Waals surface area (Å²) in [5.74, 6) is -0.140. The standard InChI is InChI=1S/C10H9Cl3O/c1-5(2)10(14)6-3-8(12)9(13)4-7(6)11/h3-5H,1-2H3. The Morgan fingerprint density at radius 3 is 2.07 bits per heavy atom. The Morgan fingerprint density at radius 2 is 1.57 bits per heavy atom. The third-order valence-electron chi connectivity index (χ3n) is 1.80. The lowest BCUT2D eigenvalue weighted by atomic mass is 10.0. The van der Waals surface area contributed by atoms with Crippen LogP contribution in [0.25, 0.3) is 0 Å². The molecule has 1 rings (SSSR count). The van der Waals surface area contributed by atoms with E-state index in [2.05, 4.69) is 0 Å². The summed E-state index contributed by atoms with van der Waals surface area (Å²) in [6.45, 7) is 3.61. The number of rotatable bonds is 2. The molecular weight excluding hydrogens is 242 g/mol. The first-order valence-electron chi connectivity index (χ1n) is 4.12. The molecule has 1 nitrogen and oxygen atoms in total. The number of benzene rings is 1. The van der Waals surface area contributed by atoms with Crippen LogP contribution in [-0.2, 0) is 0 Å². The molecule has 0 aromatic heterocycles. The van der Waals surface area contributed by atoms with Crippen molar-refractivity contribution in [1.29, 1.82) is 0 Å². The molecule has 4 heteroatoms. The zero-order chi connectivity index (χ0) is 10.9. The molecule has 0 radical (unpaired) electrons. The topological polar surface area (TPSA) is 17.1 Å². The van der Waals surface area contributed by atoms with Gasteiger partial charge in [-0.25, -0.2) is 0 Å². The Balaban J connectivity index is 3.22. The number of hydrogen-bond acceptors (Lipinski definition) is 1. The fourth-order valence-electron chi connectivity index (χ4n) is 1.02. The summed E-state index contributed by atoms with van der Waals surface area (Å²) >= 11 is 17.4. The van der Waals surface area contributed by atoms with E-state index >= 15 is 0 Å². The normalized spacial score (nSPS) is 10.7. The van der Waals surface area contributed by atoms with Gasteiger partial charge in [0.2, 0.25) is 0 Å². The second kappa shape index (κ2) is 4.52. The van der Waals surface area contributed by atoms with E-state index in [-0.39, 0.29) is 11.7 Å². The SMILES string of the molecule is CC(C)C(=O)c1cc(Cl)c(Cl)cc1Cl. The first kappa shape index (κ1) is 11.8. The largest absolute Gasteiger partial charge is 0.294 e. The van der Waals surface area contributed by atoms with Crippen molar-refractivity contribution in [2.45, 2.75) is 13.8 Å². The highest BCUT2D eigenvalue weighted by atomic mass is 35.5. The molecule has 0 unspecified atom stereocenters.